The first-order chi connectivity index (χ1) is 4.20. The van der Waals surface area contributed by atoms with Crippen LogP contribution in [-0.4, -0.2) is 17.4 Å². The van der Waals surface area contributed by atoms with Crippen molar-refractivity contribution in [3.8, 4) is 0 Å². The molecule has 1 heterocycles. The third-order valence-corrected chi connectivity index (χ3v) is 0.969. The Morgan fingerprint density at radius 1 is 1.78 bits per heavy atom. The predicted molar refractivity (Wildman–Crippen MR) is 34.9 cm³/mol. The standard InChI is InChI=1S/C5H5BN2O/c1-8-3-4(6)2-7-5(8)9/h2-3H,1H3. The van der Waals surface area contributed by atoms with E-state index < -0.39 is 0 Å². The highest BCUT2D eigenvalue weighted by molar-refractivity contribution is 6.31. The Kier molecular flexibility index (Phi) is 1.38. The van der Waals surface area contributed by atoms with Gasteiger partial charge in [-0.05, 0) is 0 Å². The lowest BCUT2D eigenvalue weighted by Gasteiger charge is -1.94. The number of nitrogens with zero attached hydrogens (tertiary/aromatic N) is 2. The van der Waals surface area contributed by atoms with Crippen LogP contribution in [0.15, 0.2) is 17.2 Å². The average Bonchev–Trinajstić information content (AvgIpc) is 1.80. The summed E-state index contributed by atoms with van der Waals surface area (Å²) in [5.74, 6) is 0. The molecule has 1 aromatic rings. The first-order valence-electron chi connectivity index (χ1n) is 2.48. The summed E-state index contributed by atoms with van der Waals surface area (Å²) in [5.41, 5.74) is 0.210. The molecule has 0 N–H and O–H groups in total. The number of aromatic nitrogens is 2. The number of hydrogen-bond donors (Lipinski definition) is 0. The fraction of sp³-hybridized carbons (Fsp3) is 0.200. The van der Waals surface area contributed by atoms with Crippen molar-refractivity contribution >= 4 is 13.3 Å². The maximum Gasteiger partial charge on any atom is 0.347 e. The van der Waals surface area contributed by atoms with E-state index in [2.05, 4.69) is 4.98 Å². The van der Waals surface area contributed by atoms with E-state index in [1.165, 1.54) is 17.0 Å². The van der Waals surface area contributed by atoms with Crippen molar-refractivity contribution in [1.82, 2.24) is 9.55 Å². The van der Waals surface area contributed by atoms with Crippen LogP contribution in [0.4, 0.5) is 0 Å². The quantitative estimate of drug-likeness (QED) is 0.393. The summed E-state index contributed by atoms with van der Waals surface area (Å²) in [5, 5.41) is 0. The molecule has 0 spiro atoms. The summed E-state index contributed by atoms with van der Waals surface area (Å²) < 4.78 is 1.33. The molecular formula is C5H5BN2O. The van der Waals surface area contributed by atoms with Gasteiger partial charge in [-0.2, -0.15) is 0 Å². The molecule has 0 aliphatic heterocycles. The molecule has 1 aromatic heterocycles. The van der Waals surface area contributed by atoms with Crippen LogP contribution in [-0.2, 0) is 7.05 Å². The minimum Gasteiger partial charge on any atom is -0.303 e. The van der Waals surface area contributed by atoms with Gasteiger partial charge in [-0.15, -0.1) is 0 Å². The highest BCUT2D eigenvalue weighted by Crippen LogP contribution is 1.64. The third-order valence-electron chi connectivity index (χ3n) is 0.969. The molecule has 0 saturated heterocycles. The Bertz CT molecular complexity index is 268. The van der Waals surface area contributed by atoms with Gasteiger partial charge in [0, 0.05) is 19.4 Å². The Labute approximate surface area is 53.8 Å². The molecule has 2 radical (unpaired) electrons. The first kappa shape index (κ1) is 6.07. The molecule has 0 aliphatic rings. The van der Waals surface area contributed by atoms with Crippen molar-refractivity contribution in [1.29, 1.82) is 0 Å². The molecule has 0 unspecified atom stereocenters. The zero-order valence-electron chi connectivity index (χ0n) is 5.03. The van der Waals surface area contributed by atoms with E-state index in [1.54, 1.807) is 7.05 Å². The molecule has 3 nitrogen and oxygen atoms in total. The Morgan fingerprint density at radius 3 is 2.89 bits per heavy atom. The Balaban J connectivity index is 3.34. The lowest BCUT2D eigenvalue weighted by molar-refractivity contribution is 0.816. The van der Waals surface area contributed by atoms with Gasteiger partial charge in [-0.3, -0.25) is 0 Å². The summed E-state index contributed by atoms with van der Waals surface area (Å²) >= 11 is 0. The van der Waals surface area contributed by atoms with E-state index in [-0.39, 0.29) is 5.69 Å². The zero-order valence-corrected chi connectivity index (χ0v) is 5.03. The fourth-order valence-corrected chi connectivity index (χ4v) is 0.533. The van der Waals surface area contributed by atoms with E-state index in [4.69, 9.17) is 7.85 Å². The third kappa shape index (κ3) is 1.19. The topological polar surface area (TPSA) is 34.9 Å². The van der Waals surface area contributed by atoms with Crippen molar-refractivity contribution < 1.29 is 0 Å². The van der Waals surface area contributed by atoms with Gasteiger partial charge in [0.2, 0.25) is 0 Å². The number of aryl methyl sites for hydroxylation is 1. The highest BCUT2D eigenvalue weighted by Gasteiger charge is 1.87. The molecule has 44 valence electrons. The summed E-state index contributed by atoms with van der Waals surface area (Å²) in [6, 6.07) is 0. The van der Waals surface area contributed by atoms with Crippen molar-refractivity contribution in [2.45, 2.75) is 0 Å². The molecule has 0 amide bonds. The van der Waals surface area contributed by atoms with Crippen LogP contribution >= 0.6 is 0 Å². The van der Waals surface area contributed by atoms with Crippen LogP contribution in [0.3, 0.4) is 0 Å². The van der Waals surface area contributed by atoms with E-state index in [0.717, 1.165) is 0 Å². The lowest BCUT2D eigenvalue weighted by atomic mass is 10.0. The predicted octanol–water partition coefficient (Wildman–Crippen LogP) is -1.43. The molecule has 0 bridgehead atoms. The van der Waals surface area contributed by atoms with Crippen molar-refractivity contribution in [3.63, 3.8) is 0 Å². The van der Waals surface area contributed by atoms with Gasteiger partial charge in [0.15, 0.2) is 0 Å². The molecule has 0 aromatic carbocycles. The normalized spacial score (nSPS) is 9.44. The molecular weight excluding hydrogens is 115 g/mol. The van der Waals surface area contributed by atoms with Crippen molar-refractivity contribution in [2.75, 3.05) is 0 Å². The van der Waals surface area contributed by atoms with Gasteiger partial charge in [-0.1, -0.05) is 5.46 Å². The molecule has 9 heavy (non-hydrogen) atoms. The molecule has 0 aliphatic carbocycles. The van der Waals surface area contributed by atoms with Crippen LogP contribution in [0.1, 0.15) is 0 Å². The van der Waals surface area contributed by atoms with E-state index >= 15 is 0 Å². The first-order valence-corrected chi connectivity index (χ1v) is 2.48. The Hall–Kier alpha value is -1.06. The van der Waals surface area contributed by atoms with Crippen LogP contribution in [0.25, 0.3) is 0 Å². The summed E-state index contributed by atoms with van der Waals surface area (Å²) in [6.07, 6.45) is 2.86. The van der Waals surface area contributed by atoms with Crippen LogP contribution in [0.5, 0.6) is 0 Å². The summed E-state index contributed by atoms with van der Waals surface area (Å²) in [4.78, 5) is 14.0. The minimum absolute atomic E-state index is 0.288. The molecule has 0 atom stereocenters. The lowest BCUT2D eigenvalue weighted by Crippen LogP contribution is -2.24. The second kappa shape index (κ2) is 2.05. The average molecular weight is 120 g/mol. The second-order valence-corrected chi connectivity index (χ2v) is 1.78. The van der Waals surface area contributed by atoms with Gasteiger partial charge in [0.25, 0.3) is 0 Å². The molecule has 0 fully saturated rings. The van der Waals surface area contributed by atoms with Crippen LogP contribution in [0.2, 0.25) is 0 Å². The van der Waals surface area contributed by atoms with E-state index in [1.807, 2.05) is 0 Å². The van der Waals surface area contributed by atoms with Crippen molar-refractivity contribution in [3.05, 3.63) is 22.9 Å². The van der Waals surface area contributed by atoms with Crippen LogP contribution in [0, 0.1) is 0 Å². The number of hydrogen-bond acceptors (Lipinski definition) is 2. The highest BCUT2D eigenvalue weighted by atomic mass is 16.1. The molecule has 1 rings (SSSR count). The maximum absolute atomic E-state index is 10.6. The maximum atomic E-state index is 10.6. The van der Waals surface area contributed by atoms with Gasteiger partial charge >= 0.3 is 5.69 Å². The van der Waals surface area contributed by atoms with E-state index in [9.17, 15) is 4.79 Å². The fourth-order valence-electron chi connectivity index (χ4n) is 0.533. The van der Waals surface area contributed by atoms with E-state index in [0.29, 0.717) is 5.46 Å². The second-order valence-electron chi connectivity index (χ2n) is 1.78. The van der Waals surface area contributed by atoms with Gasteiger partial charge in [-0.25, -0.2) is 9.78 Å². The monoisotopic (exact) mass is 120 g/mol. The zero-order chi connectivity index (χ0) is 6.85. The largest absolute Gasteiger partial charge is 0.347 e. The summed E-state index contributed by atoms with van der Waals surface area (Å²) in [6.45, 7) is 0. The van der Waals surface area contributed by atoms with Gasteiger partial charge in [0.05, 0.1) is 0 Å². The van der Waals surface area contributed by atoms with Gasteiger partial charge in [0.1, 0.15) is 7.85 Å². The minimum atomic E-state index is -0.288. The molecule has 4 heteroatoms. The van der Waals surface area contributed by atoms with Crippen LogP contribution < -0.4 is 11.2 Å². The smallest absolute Gasteiger partial charge is 0.303 e. The molecule has 0 saturated carbocycles. The number of rotatable bonds is 0. The summed E-state index contributed by atoms with van der Waals surface area (Å²) in [7, 11) is 6.91. The van der Waals surface area contributed by atoms with Crippen molar-refractivity contribution in [2.24, 2.45) is 7.05 Å². The Morgan fingerprint density at radius 2 is 2.44 bits per heavy atom. The van der Waals surface area contributed by atoms with Gasteiger partial charge < -0.3 is 4.57 Å². The SMILES string of the molecule is [B]c1cnc(=O)n(C)c1.